The third kappa shape index (κ3) is 1.19. The normalized spacial score (nSPS) is 28.6. The van der Waals surface area contributed by atoms with Crippen LogP contribution in [0.5, 0.6) is 0 Å². The van der Waals surface area contributed by atoms with Crippen LogP contribution in [0.4, 0.5) is 0 Å². The molecule has 0 radical (unpaired) electrons. The van der Waals surface area contributed by atoms with Crippen molar-refractivity contribution in [3.63, 3.8) is 0 Å². The molecule has 0 saturated heterocycles. The summed E-state index contributed by atoms with van der Waals surface area (Å²) in [6.07, 6.45) is 0. The van der Waals surface area contributed by atoms with Gasteiger partial charge in [-0.05, 0) is 35.8 Å². The molecule has 2 heterocycles. The number of nitrogens with one attached hydrogen (secondary N) is 1. The second-order valence-corrected chi connectivity index (χ2v) is 4.13. The van der Waals surface area contributed by atoms with E-state index < -0.39 is 0 Å². The molecule has 12 heavy (non-hydrogen) atoms. The Morgan fingerprint density at radius 1 is 1.67 bits per heavy atom. The maximum absolute atomic E-state index is 4.38. The zero-order valence-corrected chi connectivity index (χ0v) is 8.80. The van der Waals surface area contributed by atoms with Crippen LogP contribution >= 0.6 is 15.9 Å². The van der Waals surface area contributed by atoms with Gasteiger partial charge in [-0.15, -0.1) is 0 Å². The summed E-state index contributed by atoms with van der Waals surface area (Å²) in [6.45, 7) is 5.33. The summed E-state index contributed by atoms with van der Waals surface area (Å²) in [5, 5.41) is 7.80. The molecular weight excluding hydrogens is 218 g/mol. The van der Waals surface area contributed by atoms with Gasteiger partial charge in [0.1, 0.15) is 4.60 Å². The van der Waals surface area contributed by atoms with Crippen LogP contribution in [0.25, 0.3) is 0 Å². The monoisotopic (exact) mass is 229 g/mol. The number of halogens is 1. The van der Waals surface area contributed by atoms with Gasteiger partial charge in [0.05, 0.1) is 11.7 Å². The quantitative estimate of drug-likeness (QED) is 0.737. The van der Waals surface area contributed by atoms with Crippen molar-refractivity contribution in [2.75, 3.05) is 6.54 Å². The van der Waals surface area contributed by atoms with E-state index >= 15 is 0 Å². The molecule has 1 aliphatic rings. The van der Waals surface area contributed by atoms with Crippen LogP contribution in [-0.2, 0) is 0 Å². The SMILES string of the molecule is CC1NC[C@H](C)n2nc(Br)cc21. The molecule has 66 valence electrons. The number of nitrogens with zero attached hydrogens (tertiary/aromatic N) is 2. The van der Waals surface area contributed by atoms with E-state index in [-0.39, 0.29) is 0 Å². The molecule has 1 aliphatic heterocycles. The molecule has 1 unspecified atom stereocenters. The highest BCUT2D eigenvalue weighted by molar-refractivity contribution is 9.10. The number of rotatable bonds is 0. The van der Waals surface area contributed by atoms with Crippen LogP contribution in [0.1, 0.15) is 31.6 Å². The van der Waals surface area contributed by atoms with Crippen LogP contribution in [0.15, 0.2) is 10.7 Å². The van der Waals surface area contributed by atoms with E-state index in [0.29, 0.717) is 12.1 Å². The summed E-state index contributed by atoms with van der Waals surface area (Å²) in [5.74, 6) is 0. The van der Waals surface area contributed by atoms with E-state index in [9.17, 15) is 0 Å². The number of aromatic nitrogens is 2. The summed E-state index contributed by atoms with van der Waals surface area (Å²) in [4.78, 5) is 0. The maximum atomic E-state index is 4.38. The molecule has 1 N–H and O–H groups in total. The van der Waals surface area contributed by atoms with Gasteiger partial charge in [0.2, 0.25) is 0 Å². The van der Waals surface area contributed by atoms with Crippen molar-refractivity contribution in [1.29, 1.82) is 0 Å². The van der Waals surface area contributed by atoms with Crippen LogP contribution < -0.4 is 5.32 Å². The Morgan fingerprint density at radius 2 is 2.42 bits per heavy atom. The Morgan fingerprint density at radius 3 is 3.08 bits per heavy atom. The third-order valence-corrected chi connectivity index (χ3v) is 2.70. The maximum Gasteiger partial charge on any atom is 0.128 e. The number of fused-ring (bicyclic) bond motifs is 1. The summed E-state index contributed by atoms with van der Waals surface area (Å²) in [5.41, 5.74) is 1.26. The van der Waals surface area contributed by atoms with Gasteiger partial charge < -0.3 is 5.32 Å². The topological polar surface area (TPSA) is 29.9 Å². The molecule has 0 aliphatic carbocycles. The molecule has 4 heteroatoms. The largest absolute Gasteiger partial charge is 0.307 e. The average Bonchev–Trinajstić information content (AvgIpc) is 2.41. The minimum atomic E-state index is 0.417. The van der Waals surface area contributed by atoms with Gasteiger partial charge in [0.15, 0.2) is 0 Å². The molecule has 1 aromatic heterocycles. The van der Waals surface area contributed by atoms with Gasteiger partial charge in [-0.25, -0.2) is 0 Å². The summed E-state index contributed by atoms with van der Waals surface area (Å²) in [6, 6.07) is 2.95. The first-order valence-electron chi connectivity index (χ1n) is 4.17. The van der Waals surface area contributed by atoms with E-state index in [4.69, 9.17) is 0 Å². The molecule has 0 saturated carbocycles. The van der Waals surface area contributed by atoms with Gasteiger partial charge in [0, 0.05) is 12.6 Å². The van der Waals surface area contributed by atoms with Crippen LogP contribution in [-0.4, -0.2) is 16.3 Å². The van der Waals surface area contributed by atoms with E-state index in [0.717, 1.165) is 11.1 Å². The summed E-state index contributed by atoms with van der Waals surface area (Å²) in [7, 11) is 0. The molecule has 0 bridgehead atoms. The lowest BCUT2D eigenvalue weighted by Gasteiger charge is -2.26. The highest BCUT2D eigenvalue weighted by Crippen LogP contribution is 2.24. The minimum Gasteiger partial charge on any atom is -0.307 e. The first kappa shape index (κ1) is 8.26. The zero-order valence-electron chi connectivity index (χ0n) is 7.21. The first-order chi connectivity index (χ1) is 5.68. The number of hydrogen-bond donors (Lipinski definition) is 1. The molecule has 2 rings (SSSR count). The van der Waals surface area contributed by atoms with Crippen molar-refractivity contribution >= 4 is 15.9 Å². The van der Waals surface area contributed by atoms with Crippen molar-refractivity contribution in [2.45, 2.75) is 25.9 Å². The van der Waals surface area contributed by atoms with Crippen molar-refractivity contribution < 1.29 is 0 Å². The molecule has 3 nitrogen and oxygen atoms in total. The predicted octanol–water partition coefficient (Wildman–Crippen LogP) is 1.87. The fourth-order valence-corrected chi connectivity index (χ4v) is 2.00. The smallest absolute Gasteiger partial charge is 0.128 e. The second kappa shape index (κ2) is 2.85. The fraction of sp³-hybridized carbons (Fsp3) is 0.625. The van der Waals surface area contributed by atoms with E-state index in [2.05, 4.69) is 50.9 Å². The standard InChI is InChI=1S/C8H12BrN3/c1-5-4-10-6(2)7-3-8(9)11-12(5)7/h3,5-6,10H,4H2,1-2H3/t5-,6?/m0/s1. The lowest BCUT2D eigenvalue weighted by Crippen LogP contribution is -2.34. The molecular formula is C8H12BrN3. The average molecular weight is 230 g/mol. The van der Waals surface area contributed by atoms with Gasteiger partial charge >= 0.3 is 0 Å². The van der Waals surface area contributed by atoms with Crippen LogP contribution in [0, 0.1) is 0 Å². The van der Waals surface area contributed by atoms with Gasteiger partial charge in [-0.3, -0.25) is 4.68 Å². The Hall–Kier alpha value is -0.350. The molecule has 0 spiro atoms. The molecule has 0 aromatic carbocycles. The molecule has 0 fully saturated rings. The van der Waals surface area contributed by atoms with Gasteiger partial charge in [-0.1, -0.05) is 0 Å². The van der Waals surface area contributed by atoms with Crippen molar-refractivity contribution in [3.05, 3.63) is 16.4 Å². The highest BCUT2D eigenvalue weighted by atomic mass is 79.9. The Balaban J connectivity index is 2.47. The first-order valence-corrected chi connectivity index (χ1v) is 4.96. The number of hydrogen-bond acceptors (Lipinski definition) is 2. The molecule has 0 amide bonds. The van der Waals surface area contributed by atoms with Crippen molar-refractivity contribution in [3.8, 4) is 0 Å². The lowest BCUT2D eigenvalue weighted by molar-refractivity contribution is 0.353. The Bertz CT molecular complexity index is 267. The second-order valence-electron chi connectivity index (χ2n) is 3.32. The molecule has 2 atom stereocenters. The van der Waals surface area contributed by atoms with Crippen molar-refractivity contribution in [1.82, 2.24) is 15.1 Å². The lowest BCUT2D eigenvalue weighted by atomic mass is 10.1. The van der Waals surface area contributed by atoms with Crippen LogP contribution in [0.3, 0.4) is 0 Å². The third-order valence-electron chi connectivity index (χ3n) is 2.32. The highest BCUT2D eigenvalue weighted by Gasteiger charge is 2.22. The van der Waals surface area contributed by atoms with Gasteiger partial charge in [-0.2, -0.15) is 5.10 Å². The summed E-state index contributed by atoms with van der Waals surface area (Å²) >= 11 is 3.39. The molecule has 1 aromatic rings. The Labute approximate surface area is 80.3 Å². The van der Waals surface area contributed by atoms with Gasteiger partial charge in [0.25, 0.3) is 0 Å². The predicted molar refractivity (Wildman–Crippen MR) is 51.1 cm³/mol. The van der Waals surface area contributed by atoms with E-state index in [1.165, 1.54) is 5.69 Å². The minimum absolute atomic E-state index is 0.417. The van der Waals surface area contributed by atoms with E-state index in [1.54, 1.807) is 0 Å². The van der Waals surface area contributed by atoms with E-state index in [1.807, 2.05) is 0 Å². The van der Waals surface area contributed by atoms with Crippen LogP contribution in [0.2, 0.25) is 0 Å². The summed E-state index contributed by atoms with van der Waals surface area (Å²) < 4.78 is 3.02. The fourth-order valence-electron chi connectivity index (χ4n) is 1.59. The van der Waals surface area contributed by atoms with Crippen molar-refractivity contribution in [2.24, 2.45) is 0 Å². The Kier molecular flexibility index (Phi) is 1.96. The zero-order chi connectivity index (χ0) is 8.72.